The van der Waals surface area contributed by atoms with Gasteiger partial charge in [-0.25, -0.2) is 13.2 Å². The Hall–Kier alpha value is -1.17. The molecule has 0 spiro atoms. The van der Waals surface area contributed by atoms with Crippen LogP contribution < -0.4 is 4.90 Å². The lowest BCUT2D eigenvalue weighted by atomic mass is 10.2. The van der Waals surface area contributed by atoms with Gasteiger partial charge >= 0.3 is 0 Å². The van der Waals surface area contributed by atoms with Crippen LogP contribution in [0, 0.1) is 29.1 Å². The zero-order chi connectivity index (χ0) is 12.5. The molecule has 0 aliphatic carbocycles. The molecule has 1 rings (SSSR count). The molecule has 1 unspecified atom stereocenters. The molecule has 1 aromatic carbocycles. The molecule has 1 aromatic rings. The first-order chi connectivity index (χ1) is 7.41. The van der Waals surface area contributed by atoms with E-state index in [-0.39, 0.29) is 11.4 Å². The van der Waals surface area contributed by atoms with Crippen LogP contribution in [0.25, 0.3) is 0 Å². The molecule has 0 bridgehead atoms. The normalized spacial score (nSPS) is 12.9. The summed E-state index contributed by atoms with van der Waals surface area (Å²) >= 11 is 0. The molecular formula is C10H11F5N+. The van der Waals surface area contributed by atoms with Crippen LogP contribution in [0.2, 0.25) is 0 Å². The molecule has 0 saturated heterocycles. The molecule has 1 N–H and O–H groups in total. The van der Waals surface area contributed by atoms with Crippen LogP contribution in [-0.4, -0.2) is 13.6 Å². The number of hydrogen-bond acceptors (Lipinski definition) is 0. The first kappa shape index (κ1) is 12.9. The van der Waals surface area contributed by atoms with Crippen LogP contribution in [0.3, 0.4) is 0 Å². The van der Waals surface area contributed by atoms with Gasteiger partial charge in [-0.05, 0) is 6.42 Å². The molecule has 0 aromatic heterocycles. The monoisotopic (exact) mass is 240 g/mol. The van der Waals surface area contributed by atoms with Gasteiger partial charge in [0.15, 0.2) is 0 Å². The van der Waals surface area contributed by atoms with Crippen molar-refractivity contribution in [2.24, 2.45) is 0 Å². The minimum absolute atomic E-state index is 0.148. The van der Waals surface area contributed by atoms with Gasteiger partial charge in [0, 0.05) is 0 Å². The van der Waals surface area contributed by atoms with Crippen molar-refractivity contribution in [2.75, 3.05) is 13.6 Å². The predicted molar refractivity (Wildman–Crippen MR) is 47.9 cm³/mol. The molecule has 6 heteroatoms. The Morgan fingerprint density at radius 2 is 1.19 bits per heavy atom. The molecule has 0 aliphatic heterocycles. The highest BCUT2D eigenvalue weighted by Crippen LogP contribution is 2.24. The maximum absolute atomic E-state index is 13.2. The second kappa shape index (κ2) is 4.78. The van der Waals surface area contributed by atoms with E-state index in [1.54, 1.807) is 6.92 Å². The van der Waals surface area contributed by atoms with E-state index in [4.69, 9.17) is 0 Å². The van der Waals surface area contributed by atoms with Gasteiger partial charge in [0.1, 0.15) is 0 Å². The summed E-state index contributed by atoms with van der Waals surface area (Å²) in [6, 6.07) is 0. The Labute approximate surface area is 89.5 Å². The highest BCUT2D eigenvalue weighted by atomic mass is 19.2. The lowest BCUT2D eigenvalue weighted by molar-refractivity contribution is -0.812. The third-order valence-corrected chi connectivity index (χ3v) is 2.26. The Bertz CT molecular complexity index is 376. The average molecular weight is 240 g/mol. The molecule has 0 heterocycles. The molecule has 0 saturated carbocycles. The Kier molecular flexibility index (Phi) is 3.85. The van der Waals surface area contributed by atoms with Gasteiger partial charge < -0.3 is 0 Å². The number of nitrogens with one attached hydrogen (secondary N) is 1. The van der Waals surface area contributed by atoms with E-state index in [1.165, 1.54) is 7.05 Å². The fourth-order valence-corrected chi connectivity index (χ4v) is 1.48. The summed E-state index contributed by atoms with van der Waals surface area (Å²) < 4.78 is 64.8. The molecule has 90 valence electrons. The molecule has 0 radical (unpaired) electrons. The number of halogens is 5. The van der Waals surface area contributed by atoms with Crippen molar-refractivity contribution in [3.05, 3.63) is 29.1 Å². The maximum Gasteiger partial charge on any atom is 0.225 e. The summed E-state index contributed by atoms with van der Waals surface area (Å²) in [6.45, 7) is 2.02. The summed E-state index contributed by atoms with van der Waals surface area (Å²) in [4.78, 5) is 0.148. The van der Waals surface area contributed by atoms with Crippen molar-refractivity contribution in [3.63, 3.8) is 0 Å². The first-order valence-corrected chi connectivity index (χ1v) is 4.76. The number of benzene rings is 1. The van der Waals surface area contributed by atoms with Crippen molar-refractivity contribution in [3.8, 4) is 0 Å². The summed E-state index contributed by atoms with van der Waals surface area (Å²) in [5.41, 5.74) is -0.807. The van der Waals surface area contributed by atoms with Crippen LogP contribution in [0.1, 0.15) is 13.3 Å². The quantitative estimate of drug-likeness (QED) is 0.468. The second-order valence-electron chi connectivity index (χ2n) is 3.48. The van der Waals surface area contributed by atoms with Crippen molar-refractivity contribution in [2.45, 2.75) is 13.3 Å². The zero-order valence-electron chi connectivity index (χ0n) is 8.80. The van der Waals surface area contributed by atoms with Gasteiger partial charge in [-0.3, -0.25) is 4.90 Å². The SMILES string of the molecule is CCC[NH+](C)c1c(F)c(F)c(F)c(F)c1F. The smallest absolute Gasteiger partial charge is 0.225 e. The fraction of sp³-hybridized carbons (Fsp3) is 0.400. The van der Waals surface area contributed by atoms with Crippen molar-refractivity contribution < 1.29 is 26.9 Å². The van der Waals surface area contributed by atoms with Crippen LogP contribution >= 0.6 is 0 Å². The van der Waals surface area contributed by atoms with Crippen molar-refractivity contribution in [1.82, 2.24) is 0 Å². The molecule has 0 fully saturated rings. The average Bonchev–Trinajstić information content (AvgIpc) is 2.24. The topological polar surface area (TPSA) is 4.44 Å². The van der Waals surface area contributed by atoms with Gasteiger partial charge in [-0.2, -0.15) is 8.78 Å². The fourth-order valence-electron chi connectivity index (χ4n) is 1.48. The molecule has 0 amide bonds. The third-order valence-electron chi connectivity index (χ3n) is 2.26. The third kappa shape index (κ3) is 2.02. The van der Waals surface area contributed by atoms with Gasteiger partial charge in [-0.15, -0.1) is 0 Å². The van der Waals surface area contributed by atoms with Crippen LogP contribution in [0.15, 0.2) is 0 Å². The first-order valence-electron chi connectivity index (χ1n) is 4.76. The van der Waals surface area contributed by atoms with Gasteiger partial charge in [0.05, 0.1) is 13.6 Å². The van der Waals surface area contributed by atoms with E-state index < -0.39 is 34.8 Å². The predicted octanol–water partition coefficient (Wildman–Crippen LogP) is 1.94. The van der Waals surface area contributed by atoms with Crippen LogP contribution in [0.4, 0.5) is 27.6 Å². The Morgan fingerprint density at radius 3 is 1.56 bits per heavy atom. The van der Waals surface area contributed by atoms with E-state index in [0.717, 1.165) is 0 Å². The Morgan fingerprint density at radius 1 is 0.812 bits per heavy atom. The summed E-state index contributed by atoms with van der Waals surface area (Å²) in [5, 5.41) is 0. The molecule has 0 aliphatic rings. The van der Waals surface area contributed by atoms with E-state index in [1.807, 2.05) is 0 Å². The lowest BCUT2D eigenvalue weighted by Crippen LogP contribution is -3.04. The zero-order valence-corrected chi connectivity index (χ0v) is 8.80. The van der Waals surface area contributed by atoms with E-state index in [9.17, 15) is 22.0 Å². The van der Waals surface area contributed by atoms with E-state index >= 15 is 0 Å². The van der Waals surface area contributed by atoms with E-state index in [2.05, 4.69) is 0 Å². The lowest BCUT2D eigenvalue weighted by Gasteiger charge is -2.14. The van der Waals surface area contributed by atoms with Crippen LogP contribution in [0.5, 0.6) is 0 Å². The standard InChI is InChI=1S/C10H10F5N/c1-3-4-16(2)10-8(14)6(12)5(11)7(13)9(10)15/h3-4H2,1-2H3/p+1. The summed E-state index contributed by atoms with van der Waals surface area (Å²) in [6.07, 6.45) is 0.561. The highest BCUT2D eigenvalue weighted by Gasteiger charge is 2.30. The largest absolute Gasteiger partial charge is 0.300 e. The summed E-state index contributed by atoms with van der Waals surface area (Å²) in [5.74, 6) is -9.44. The molecular weight excluding hydrogens is 229 g/mol. The number of quaternary nitrogens is 1. The van der Waals surface area contributed by atoms with Gasteiger partial charge in [0.2, 0.25) is 34.8 Å². The van der Waals surface area contributed by atoms with Gasteiger partial charge in [-0.1, -0.05) is 6.92 Å². The van der Waals surface area contributed by atoms with E-state index in [0.29, 0.717) is 6.42 Å². The minimum Gasteiger partial charge on any atom is -0.300 e. The Balaban J connectivity index is 3.39. The van der Waals surface area contributed by atoms with Crippen molar-refractivity contribution >= 4 is 5.69 Å². The van der Waals surface area contributed by atoms with Crippen LogP contribution in [-0.2, 0) is 0 Å². The summed E-state index contributed by atoms with van der Waals surface area (Å²) in [7, 11) is 1.35. The minimum atomic E-state index is -2.12. The number of rotatable bonds is 3. The molecule has 1 atom stereocenters. The molecule has 16 heavy (non-hydrogen) atoms. The number of hydrogen-bond donors (Lipinski definition) is 1. The second-order valence-corrected chi connectivity index (χ2v) is 3.48. The maximum atomic E-state index is 13.2. The highest BCUT2D eigenvalue weighted by molar-refractivity contribution is 5.35. The van der Waals surface area contributed by atoms with Gasteiger partial charge in [0.25, 0.3) is 0 Å². The van der Waals surface area contributed by atoms with Crippen molar-refractivity contribution in [1.29, 1.82) is 0 Å². The molecule has 1 nitrogen and oxygen atoms in total.